The minimum atomic E-state index is 1.32. The zero-order chi connectivity index (χ0) is 32.0. The van der Waals surface area contributed by atoms with Gasteiger partial charge in [0.1, 0.15) is 7.69 Å². The van der Waals surface area contributed by atoms with Crippen LogP contribution in [0.25, 0.3) is 11.1 Å². The number of hydrogen-bond donors (Lipinski definition) is 0. The summed E-state index contributed by atoms with van der Waals surface area (Å²) in [6.45, 7) is 27.1. The van der Waals surface area contributed by atoms with Crippen LogP contribution in [0.3, 0.4) is 0 Å². The van der Waals surface area contributed by atoms with Gasteiger partial charge in [-0.3, -0.25) is 0 Å². The Morgan fingerprint density at radius 3 is 0.614 bits per heavy atom. The van der Waals surface area contributed by atoms with Crippen LogP contribution in [0.2, 0.25) is 0 Å². The molecule has 0 amide bonds. The lowest BCUT2D eigenvalue weighted by Crippen LogP contribution is -2.12. The van der Waals surface area contributed by atoms with E-state index in [2.05, 4.69) is 132 Å². The van der Waals surface area contributed by atoms with Gasteiger partial charge in [-0.05, 0) is 150 Å². The van der Waals surface area contributed by atoms with E-state index in [1.807, 2.05) is 41.4 Å². The maximum atomic E-state index is 2.34. The Hall–Kier alpha value is -2.76. The summed E-state index contributed by atoms with van der Waals surface area (Å²) in [6, 6.07) is 18.7. The molecule has 1 heterocycles. The van der Waals surface area contributed by atoms with E-state index in [0.717, 1.165) is 0 Å². The molecule has 0 radical (unpaired) electrons. The molecule has 0 N–H and O–H groups in total. The van der Waals surface area contributed by atoms with Gasteiger partial charge in [0.05, 0.1) is 0 Å². The van der Waals surface area contributed by atoms with Crippen LogP contribution in [-0.4, -0.2) is 0 Å². The largest absolute Gasteiger partial charge is 0.109 e. The summed E-state index contributed by atoms with van der Waals surface area (Å²) >= 11 is 0. The van der Waals surface area contributed by atoms with Crippen LogP contribution in [0.4, 0.5) is 0 Å². The fraction of sp³-hybridized carbons (Fsp3) is 0.300. The van der Waals surface area contributed by atoms with Crippen LogP contribution in [-0.2, 0) is 0 Å². The molecule has 0 spiro atoms. The van der Waals surface area contributed by atoms with Gasteiger partial charge < -0.3 is 0 Å². The first-order chi connectivity index (χ1) is 20.8. The molecule has 0 unspecified atom stereocenters. The van der Waals surface area contributed by atoms with E-state index in [-0.39, 0.29) is 0 Å². The molecule has 228 valence electrons. The lowest BCUT2D eigenvalue weighted by Gasteiger charge is -2.20. The van der Waals surface area contributed by atoms with E-state index in [1.165, 1.54) is 108 Å². The summed E-state index contributed by atoms with van der Waals surface area (Å²) in [7, 11) is 7.76. The van der Waals surface area contributed by atoms with Crippen molar-refractivity contribution in [1.82, 2.24) is 0 Å². The van der Waals surface area contributed by atoms with Crippen molar-refractivity contribution in [2.45, 2.75) is 83.1 Å². The van der Waals surface area contributed by atoms with Gasteiger partial charge in [0, 0.05) is 11.1 Å². The average molecular weight is 653 g/mol. The number of hydrogen-bond acceptors (Lipinski definition) is 4. The standard InChI is InChI=1S/C40H44S4/c1-21-13-25(5)33(26(6)14-21)37(34-27(7)15-22(2)16-28(34)8)39-41-43-40(44-42-39)38(35-29(9)17-23(3)18-30(35)10)36-31(11)19-24(4)20-32(36)12/h13-20H,1-12H3. The van der Waals surface area contributed by atoms with Crippen molar-refractivity contribution in [3.8, 4) is 0 Å². The Morgan fingerprint density at radius 1 is 0.295 bits per heavy atom. The van der Waals surface area contributed by atoms with Crippen LogP contribution in [0.15, 0.2) is 48.5 Å². The Morgan fingerprint density at radius 2 is 0.455 bits per heavy atom. The Labute approximate surface area is 279 Å². The molecule has 4 aromatic carbocycles. The smallest absolute Gasteiger partial charge is 0.0666 e. The Kier molecular flexibility index (Phi) is 9.58. The SMILES string of the molecule is Cc1cc(C)c(C(c2c(C)cc(C)cc2C)=c2ssc(=C(c3c(C)cc(C)cc3C)c3c(C)cc(C)cc3C)ss2)c(C)c1. The summed E-state index contributed by atoms with van der Waals surface area (Å²) in [5.41, 5.74) is 24.3. The van der Waals surface area contributed by atoms with E-state index < -0.39 is 0 Å². The Balaban J connectivity index is 1.95. The Bertz CT molecular complexity index is 1700. The van der Waals surface area contributed by atoms with Crippen molar-refractivity contribution in [2.24, 2.45) is 0 Å². The lowest BCUT2D eigenvalue weighted by atomic mass is 9.86. The molecule has 0 nitrogen and oxygen atoms in total. The van der Waals surface area contributed by atoms with Crippen molar-refractivity contribution in [1.29, 1.82) is 0 Å². The second-order valence-electron chi connectivity index (χ2n) is 12.8. The van der Waals surface area contributed by atoms with Gasteiger partial charge in [0.25, 0.3) is 0 Å². The fourth-order valence-corrected chi connectivity index (χ4v) is 14.1. The molecule has 5 aromatic rings. The topological polar surface area (TPSA) is 0 Å². The minimum Gasteiger partial charge on any atom is -0.0666 e. The molecule has 0 aliphatic heterocycles. The van der Waals surface area contributed by atoms with E-state index in [1.54, 1.807) is 0 Å². The summed E-state index contributed by atoms with van der Waals surface area (Å²) in [4.78, 5) is 0. The lowest BCUT2D eigenvalue weighted by molar-refractivity contribution is 1.25. The van der Waals surface area contributed by atoms with Crippen molar-refractivity contribution >= 4 is 52.5 Å². The molecule has 0 saturated heterocycles. The molecule has 0 bridgehead atoms. The predicted molar refractivity (Wildman–Crippen MR) is 201 cm³/mol. The van der Waals surface area contributed by atoms with Crippen molar-refractivity contribution in [3.63, 3.8) is 0 Å². The van der Waals surface area contributed by atoms with E-state index in [0.29, 0.717) is 0 Å². The molecule has 0 atom stereocenters. The second-order valence-corrected chi connectivity index (χ2v) is 17.6. The van der Waals surface area contributed by atoms with Gasteiger partial charge in [0.2, 0.25) is 0 Å². The van der Waals surface area contributed by atoms with Gasteiger partial charge in [0.15, 0.2) is 0 Å². The monoisotopic (exact) mass is 652 g/mol. The van der Waals surface area contributed by atoms with E-state index in [4.69, 9.17) is 0 Å². The zero-order valence-electron chi connectivity index (χ0n) is 28.3. The highest BCUT2D eigenvalue weighted by Crippen LogP contribution is 2.36. The second kappa shape index (κ2) is 12.9. The minimum absolute atomic E-state index is 1.32. The highest BCUT2D eigenvalue weighted by molar-refractivity contribution is 7.81. The maximum absolute atomic E-state index is 2.34. The van der Waals surface area contributed by atoms with Crippen molar-refractivity contribution in [2.75, 3.05) is 0 Å². The van der Waals surface area contributed by atoms with Gasteiger partial charge in [-0.15, -0.1) is 0 Å². The van der Waals surface area contributed by atoms with Crippen LogP contribution in [0.5, 0.6) is 0 Å². The molecule has 4 heteroatoms. The quantitative estimate of drug-likeness (QED) is 0.170. The predicted octanol–water partition coefficient (Wildman–Crippen LogP) is 11.3. The van der Waals surface area contributed by atoms with Crippen LogP contribution >= 0.6 is 41.4 Å². The van der Waals surface area contributed by atoms with Gasteiger partial charge in [-0.2, -0.15) is 0 Å². The first-order valence-corrected chi connectivity index (χ1v) is 19.6. The zero-order valence-corrected chi connectivity index (χ0v) is 31.5. The molecule has 44 heavy (non-hydrogen) atoms. The number of benzene rings is 4. The molecule has 0 saturated carbocycles. The first-order valence-electron chi connectivity index (χ1n) is 15.3. The van der Waals surface area contributed by atoms with Crippen LogP contribution < -0.4 is 7.69 Å². The molecule has 0 aliphatic rings. The van der Waals surface area contributed by atoms with Crippen molar-refractivity contribution < 1.29 is 0 Å². The highest BCUT2D eigenvalue weighted by Gasteiger charge is 2.20. The maximum Gasteiger partial charge on any atom is 0.109 e. The third-order valence-corrected chi connectivity index (χ3v) is 14.9. The van der Waals surface area contributed by atoms with E-state index in [9.17, 15) is 0 Å². The van der Waals surface area contributed by atoms with Crippen LogP contribution in [0.1, 0.15) is 89.0 Å². The highest BCUT2D eigenvalue weighted by atomic mass is 32.9. The average Bonchev–Trinajstić information content (AvgIpc) is 2.89. The first kappa shape index (κ1) is 32.6. The summed E-state index contributed by atoms with van der Waals surface area (Å²) < 4.78 is 2.76. The molecule has 0 aliphatic carbocycles. The molecule has 0 fully saturated rings. The van der Waals surface area contributed by atoms with Gasteiger partial charge in [-0.25, -0.2) is 0 Å². The fourth-order valence-electron chi connectivity index (χ4n) is 7.30. The molecular formula is C40H44S4. The van der Waals surface area contributed by atoms with Gasteiger partial charge in [-0.1, -0.05) is 112 Å². The van der Waals surface area contributed by atoms with E-state index >= 15 is 0 Å². The normalized spacial score (nSPS) is 11.2. The summed E-state index contributed by atoms with van der Waals surface area (Å²) in [5, 5.41) is 0. The third kappa shape index (κ3) is 6.33. The number of rotatable bonds is 4. The number of aryl methyl sites for hydroxylation is 12. The van der Waals surface area contributed by atoms with Crippen molar-refractivity contribution in [3.05, 3.63) is 145 Å². The molecular weight excluding hydrogens is 609 g/mol. The molecule has 1 aromatic heterocycles. The molecule has 5 rings (SSSR count). The summed E-state index contributed by atoms with van der Waals surface area (Å²) in [6.07, 6.45) is 0. The van der Waals surface area contributed by atoms with Gasteiger partial charge >= 0.3 is 0 Å². The summed E-state index contributed by atoms with van der Waals surface area (Å²) in [5.74, 6) is 0. The van der Waals surface area contributed by atoms with Crippen LogP contribution in [0, 0.1) is 83.1 Å². The third-order valence-electron chi connectivity index (χ3n) is 8.50.